The summed E-state index contributed by atoms with van der Waals surface area (Å²) in [7, 11) is 0. The number of piperazine rings is 1. The lowest BCUT2D eigenvalue weighted by molar-refractivity contribution is -0.00381. The molecule has 25 heavy (non-hydrogen) atoms. The van der Waals surface area contributed by atoms with Gasteiger partial charge in [-0.3, -0.25) is 4.90 Å². The van der Waals surface area contributed by atoms with Crippen LogP contribution in [0.3, 0.4) is 0 Å². The van der Waals surface area contributed by atoms with Crippen molar-refractivity contribution in [3.8, 4) is 0 Å². The third-order valence-corrected chi connectivity index (χ3v) is 4.14. The van der Waals surface area contributed by atoms with Crippen LogP contribution in [0.25, 0.3) is 0 Å². The number of aliphatic hydroxyl groups excluding tert-OH is 1. The molecule has 1 fully saturated rings. The van der Waals surface area contributed by atoms with E-state index in [1.165, 1.54) is 5.57 Å². The Balaban J connectivity index is 0.00000151. The molecule has 0 bridgehead atoms. The van der Waals surface area contributed by atoms with Gasteiger partial charge in [0.25, 0.3) is 0 Å². The van der Waals surface area contributed by atoms with Crippen molar-refractivity contribution in [2.24, 2.45) is 0 Å². The van der Waals surface area contributed by atoms with E-state index in [1.807, 2.05) is 34.6 Å². The van der Waals surface area contributed by atoms with Crippen LogP contribution in [-0.4, -0.2) is 65.4 Å². The molecule has 0 saturated carbocycles. The van der Waals surface area contributed by atoms with Crippen LogP contribution in [0.2, 0.25) is 0 Å². The van der Waals surface area contributed by atoms with E-state index < -0.39 is 5.60 Å². The van der Waals surface area contributed by atoms with E-state index >= 15 is 0 Å². The van der Waals surface area contributed by atoms with Crippen LogP contribution in [0.4, 0.5) is 4.79 Å². The van der Waals surface area contributed by atoms with Crippen LogP contribution in [0.15, 0.2) is 23.8 Å². The fourth-order valence-corrected chi connectivity index (χ4v) is 3.06. The molecule has 0 radical (unpaired) electrons. The fourth-order valence-electron chi connectivity index (χ4n) is 3.06. The Bertz CT molecular complexity index is 466. The molecule has 144 valence electrons. The van der Waals surface area contributed by atoms with Gasteiger partial charge in [-0.25, -0.2) is 4.79 Å². The van der Waals surface area contributed by atoms with Crippen LogP contribution in [-0.2, 0) is 4.74 Å². The molecular formula is C20H36N2O3. The van der Waals surface area contributed by atoms with E-state index in [9.17, 15) is 9.90 Å². The highest BCUT2D eigenvalue weighted by Gasteiger charge is 2.33. The lowest BCUT2D eigenvalue weighted by atomic mass is 10.0. The second-order valence-electron chi connectivity index (χ2n) is 7.33. The van der Waals surface area contributed by atoms with E-state index in [4.69, 9.17) is 4.74 Å². The maximum atomic E-state index is 12.4. The number of allylic oxidation sites excluding steroid dienone is 2. The van der Waals surface area contributed by atoms with Crippen molar-refractivity contribution in [3.05, 3.63) is 23.8 Å². The highest BCUT2D eigenvalue weighted by molar-refractivity contribution is 5.68. The Morgan fingerprint density at radius 2 is 2.00 bits per heavy atom. The Morgan fingerprint density at radius 3 is 2.56 bits per heavy atom. The summed E-state index contributed by atoms with van der Waals surface area (Å²) in [6.07, 6.45) is 9.27. The largest absolute Gasteiger partial charge is 0.444 e. The van der Waals surface area contributed by atoms with Gasteiger partial charge in [0.1, 0.15) is 5.60 Å². The van der Waals surface area contributed by atoms with Gasteiger partial charge in [0.2, 0.25) is 0 Å². The molecular weight excluding hydrogens is 316 g/mol. The van der Waals surface area contributed by atoms with Gasteiger partial charge >= 0.3 is 6.09 Å². The van der Waals surface area contributed by atoms with Crippen molar-refractivity contribution in [1.82, 2.24) is 9.80 Å². The lowest BCUT2D eigenvalue weighted by Gasteiger charge is -2.41. The zero-order valence-electron chi connectivity index (χ0n) is 16.6. The van der Waals surface area contributed by atoms with Gasteiger partial charge < -0.3 is 14.7 Å². The first-order valence-electron chi connectivity index (χ1n) is 9.57. The molecule has 1 amide bonds. The summed E-state index contributed by atoms with van der Waals surface area (Å²) >= 11 is 0. The number of amides is 1. The topological polar surface area (TPSA) is 53.0 Å². The summed E-state index contributed by atoms with van der Waals surface area (Å²) in [5.41, 5.74) is 0.861. The highest BCUT2D eigenvalue weighted by Crippen LogP contribution is 2.19. The number of carbonyl (C=O) groups is 1. The molecule has 0 aromatic heterocycles. The molecule has 1 unspecified atom stereocenters. The number of carbonyl (C=O) groups excluding carboxylic acids is 1. The van der Waals surface area contributed by atoms with Crippen molar-refractivity contribution >= 4 is 6.09 Å². The number of rotatable bonds is 4. The minimum Gasteiger partial charge on any atom is -0.444 e. The zero-order valence-corrected chi connectivity index (χ0v) is 16.6. The average molecular weight is 353 g/mol. The molecule has 0 aromatic rings. The van der Waals surface area contributed by atoms with E-state index in [0.717, 1.165) is 32.5 Å². The predicted octanol–water partition coefficient (Wildman–Crippen LogP) is 3.59. The monoisotopic (exact) mass is 352 g/mol. The molecule has 1 aliphatic carbocycles. The summed E-state index contributed by atoms with van der Waals surface area (Å²) in [5.74, 6) is 0. The van der Waals surface area contributed by atoms with Crippen molar-refractivity contribution in [1.29, 1.82) is 0 Å². The molecule has 2 aliphatic rings. The van der Waals surface area contributed by atoms with Crippen molar-refractivity contribution in [2.75, 3.05) is 32.8 Å². The summed E-state index contributed by atoms with van der Waals surface area (Å²) in [6, 6.07) is 0.0109. The molecule has 1 atom stereocenters. The van der Waals surface area contributed by atoms with Gasteiger partial charge in [-0.05, 0) is 45.6 Å². The number of hydrogen-bond acceptors (Lipinski definition) is 4. The fraction of sp³-hybridized carbons (Fsp3) is 0.750. The number of ether oxygens (including phenoxy) is 1. The summed E-state index contributed by atoms with van der Waals surface area (Å²) in [6.45, 7) is 12.9. The van der Waals surface area contributed by atoms with E-state index in [1.54, 1.807) is 4.90 Å². The third-order valence-electron chi connectivity index (χ3n) is 4.14. The molecule has 1 aliphatic heterocycles. The number of hydrogen-bond donors (Lipinski definition) is 1. The van der Waals surface area contributed by atoms with Gasteiger partial charge in [0, 0.05) is 38.8 Å². The normalized spacial score (nSPS) is 21.3. The van der Waals surface area contributed by atoms with E-state index in [-0.39, 0.29) is 18.7 Å². The van der Waals surface area contributed by atoms with Crippen molar-refractivity contribution in [2.45, 2.75) is 65.5 Å². The molecule has 1 heterocycles. The molecule has 5 nitrogen and oxygen atoms in total. The standard InChI is InChI=1S/C18H30N2O3.C2H6/c1-18(2,3)23-17(22)20-11-10-19(14-16(20)9-12-21)13-15-7-5-4-6-8-15;1-2/h5,7-8,16,21H,4,6,9-14H2,1-3H3;1-2H3. The highest BCUT2D eigenvalue weighted by atomic mass is 16.6. The van der Waals surface area contributed by atoms with Crippen LogP contribution in [0, 0.1) is 0 Å². The third kappa shape index (κ3) is 7.61. The van der Waals surface area contributed by atoms with Gasteiger partial charge in [-0.1, -0.05) is 32.1 Å². The summed E-state index contributed by atoms with van der Waals surface area (Å²) < 4.78 is 5.50. The average Bonchev–Trinajstić information content (AvgIpc) is 2.56. The maximum absolute atomic E-state index is 12.4. The SMILES string of the molecule is CC.CC(C)(C)OC(=O)N1CCN(CC2=CCCC=C2)CC1CCO. The van der Waals surface area contributed by atoms with Gasteiger partial charge in [0.05, 0.1) is 0 Å². The van der Waals surface area contributed by atoms with E-state index in [0.29, 0.717) is 13.0 Å². The molecule has 5 heteroatoms. The molecule has 2 rings (SSSR count). The maximum Gasteiger partial charge on any atom is 0.410 e. The van der Waals surface area contributed by atoms with Gasteiger partial charge in [0.15, 0.2) is 0 Å². The molecule has 0 aromatic carbocycles. The van der Waals surface area contributed by atoms with Crippen molar-refractivity contribution < 1.29 is 14.6 Å². The predicted molar refractivity (Wildman–Crippen MR) is 103 cm³/mol. The van der Waals surface area contributed by atoms with Crippen LogP contribution >= 0.6 is 0 Å². The molecule has 0 spiro atoms. The number of aliphatic hydroxyl groups is 1. The Morgan fingerprint density at radius 1 is 1.28 bits per heavy atom. The quantitative estimate of drug-likeness (QED) is 0.840. The zero-order chi connectivity index (χ0) is 18.9. The Hall–Kier alpha value is -1.33. The first-order chi connectivity index (χ1) is 11.9. The first kappa shape index (κ1) is 21.7. The molecule has 1 saturated heterocycles. The Kier molecular flexibility index (Phi) is 9.22. The second-order valence-corrected chi connectivity index (χ2v) is 7.33. The Labute approximate surface area is 153 Å². The van der Waals surface area contributed by atoms with Crippen molar-refractivity contribution in [3.63, 3.8) is 0 Å². The van der Waals surface area contributed by atoms with Crippen LogP contribution in [0.5, 0.6) is 0 Å². The van der Waals surface area contributed by atoms with Crippen LogP contribution in [0.1, 0.15) is 53.9 Å². The summed E-state index contributed by atoms with van der Waals surface area (Å²) in [4.78, 5) is 16.5. The number of nitrogens with zero attached hydrogens (tertiary/aromatic N) is 2. The summed E-state index contributed by atoms with van der Waals surface area (Å²) in [5, 5.41) is 9.34. The van der Waals surface area contributed by atoms with Gasteiger partial charge in [-0.2, -0.15) is 0 Å². The van der Waals surface area contributed by atoms with Crippen LogP contribution < -0.4 is 0 Å². The first-order valence-corrected chi connectivity index (χ1v) is 9.57. The minimum absolute atomic E-state index is 0.0109. The van der Waals surface area contributed by atoms with Gasteiger partial charge in [-0.15, -0.1) is 0 Å². The van der Waals surface area contributed by atoms with E-state index in [2.05, 4.69) is 23.1 Å². The lowest BCUT2D eigenvalue weighted by Crippen LogP contribution is -2.56. The minimum atomic E-state index is -0.490. The smallest absolute Gasteiger partial charge is 0.410 e. The second kappa shape index (κ2) is 10.6. The molecule has 1 N–H and O–H groups in total.